The van der Waals surface area contributed by atoms with Crippen LogP contribution < -0.4 is 37.7 Å². The minimum Gasteiger partial charge on any atom is -0.756 e. The molecule has 0 radical (unpaired) electrons. The third-order valence-corrected chi connectivity index (χ3v) is 19.6. The fraction of sp³-hybridized carbons (Fsp3) is 0.571. The van der Waals surface area contributed by atoms with Gasteiger partial charge in [-0.25, -0.2) is 38.0 Å². The van der Waals surface area contributed by atoms with Gasteiger partial charge in [0.05, 0.1) is 38.8 Å². The molecule has 0 spiro atoms. The first kappa shape index (κ1) is 58.4. The number of nitrogens with zero attached hydrogens (tertiary/aromatic N) is 9. The van der Waals surface area contributed by atoms with Crippen LogP contribution >= 0.6 is 41.6 Å². The molecule has 77 heavy (non-hydrogen) atoms. The van der Waals surface area contributed by atoms with Crippen LogP contribution in [-0.2, 0) is 71.2 Å². The molecule has 42 heteroatoms. The average molecular weight is 1190 g/mol. The number of ether oxygens (including phenoxy) is 4. The SMILES string of the molecule is CO[C@@H]1[C@H](OP(=O)([O-])OC[C@H]2O[C@@H](n3ccc(=O)[nH]c3=O)[C@H](O)[C@@H]2O)C(CSP(=O)(O)OP(=O)(O)OP(=O)(O)OC[C@H]2O[C@@H](n3c[n+](C)c4c(=O)[nH]c(N)nc43)[C@H](O)[C@@H]2CC(=O)N(C)C)O[C@H]1n1cnc2c(N)ncnc21. The van der Waals surface area contributed by atoms with Gasteiger partial charge >= 0.3 is 33.7 Å². The van der Waals surface area contributed by atoms with Crippen LogP contribution in [-0.4, -0.2) is 173 Å². The highest BCUT2D eigenvalue weighted by atomic mass is 32.7. The van der Waals surface area contributed by atoms with E-state index in [1.165, 1.54) is 46.1 Å². The number of carbonyl (C=O) groups excluding carboxylic acids is 1. The number of aromatic nitrogens is 10. The van der Waals surface area contributed by atoms with Crippen molar-refractivity contribution in [2.45, 2.75) is 73.9 Å². The Morgan fingerprint density at radius 3 is 2.22 bits per heavy atom. The van der Waals surface area contributed by atoms with E-state index in [4.69, 9.17) is 44.0 Å². The van der Waals surface area contributed by atoms with Crippen molar-refractivity contribution in [1.82, 2.24) is 48.5 Å². The number of nitrogens with one attached hydrogen (secondary N) is 2. The Bertz CT molecular complexity index is 3420. The molecule has 3 aliphatic rings. The molecule has 12 N–H and O–H groups in total. The number of amides is 1. The van der Waals surface area contributed by atoms with Crippen molar-refractivity contribution >= 4 is 81.6 Å². The van der Waals surface area contributed by atoms with Crippen molar-refractivity contribution in [1.29, 1.82) is 0 Å². The predicted molar refractivity (Wildman–Crippen MR) is 253 cm³/mol. The third-order valence-electron chi connectivity index (χ3n) is 12.0. The predicted octanol–water partition coefficient (Wildman–Crippen LogP) is -4.06. The number of fused-ring (bicyclic) bond motifs is 2. The summed E-state index contributed by atoms with van der Waals surface area (Å²) in [6.07, 6.45) is -14.1. The van der Waals surface area contributed by atoms with Crippen LogP contribution in [0, 0.1) is 5.92 Å². The number of aliphatic hydroxyl groups excluding tert-OH is 3. The lowest BCUT2D eigenvalue weighted by molar-refractivity contribution is -0.646. The Balaban J connectivity index is 0.951. The van der Waals surface area contributed by atoms with Crippen molar-refractivity contribution in [2.75, 3.05) is 51.6 Å². The molecule has 5 unspecified atom stereocenters. The molecule has 0 aliphatic carbocycles. The Morgan fingerprint density at radius 1 is 0.857 bits per heavy atom. The summed E-state index contributed by atoms with van der Waals surface area (Å²) >= 11 is -0.197. The second kappa shape index (κ2) is 22.4. The van der Waals surface area contributed by atoms with Crippen LogP contribution in [0.15, 0.2) is 45.6 Å². The maximum Gasteiger partial charge on any atom is 0.488 e. The van der Waals surface area contributed by atoms with E-state index in [1.807, 2.05) is 4.98 Å². The fourth-order valence-electron chi connectivity index (χ4n) is 8.50. The van der Waals surface area contributed by atoms with Gasteiger partial charge in [-0.1, -0.05) is 0 Å². The van der Waals surface area contributed by atoms with Crippen LogP contribution in [0.25, 0.3) is 22.3 Å². The van der Waals surface area contributed by atoms with E-state index >= 15 is 0 Å². The molecule has 424 valence electrons. The van der Waals surface area contributed by atoms with Crippen molar-refractivity contribution < 1.29 is 104 Å². The molecule has 3 aliphatic heterocycles. The smallest absolute Gasteiger partial charge is 0.488 e. The first-order valence-electron chi connectivity index (χ1n) is 22.1. The van der Waals surface area contributed by atoms with Gasteiger partial charge in [0.15, 0.2) is 23.9 Å². The number of H-pyrrole nitrogens is 2. The fourth-order valence-corrected chi connectivity index (χ4v) is 15.4. The van der Waals surface area contributed by atoms with E-state index in [0.29, 0.717) is 0 Å². The molecule has 8 rings (SSSR count). The molecule has 1 amide bonds. The number of carbonyl (C=O) groups is 1. The molecular formula is C35H49N13O24P4S. The highest BCUT2D eigenvalue weighted by Crippen LogP contribution is 2.72. The van der Waals surface area contributed by atoms with E-state index in [-0.39, 0.29) is 45.5 Å². The van der Waals surface area contributed by atoms with Crippen LogP contribution in [0.2, 0.25) is 0 Å². The standard InChI is InChI=1S/C35H49N13O24P4S/c1-44(2)19(50)7-14-15(67-31(22(14)51)48-13-45(3)21-29(48)42-34(37)43-30(21)54)8-66-74(58,59)71-75(60,61)72-76(62,63)77-10-17-25(26(64-4)33(69-17)47-12-40-20-27(36)38-11-39-28(20)47)70-73(56,57)65-9-16-23(52)24(53)32(68-16)46-6-5-18(49)41-35(46)55/h5-6,11-17,22-26,31-33,51-53H,7-10H2,1-4H3,(H9-,36,37,38,39,41,42,43,49,54,55,56,57,58,59,60,61,62,63)/t14-,15-,16-,17?,22-,23-,24-,25-,26-,31-,32-,33-/m1/s1. The maximum absolute atomic E-state index is 13.5. The van der Waals surface area contributed by atoms with Crippen molar-refractivity contribution in [2.24, 2.45) is 13.0 Å². The van der Waals surface area contributed by atoms with Gasteiger partial charge < -0.3 is 79.3 Å². The number of rotatable bonds is 21. The number of aryl methyl sites for hydroxylation is 1. The third kappa shape index (κ3) is 12.7. The number of aromatic amines is 2. The molecular weight excluding hydrogens is 1140 g/mol. The maximum atomic E-state index is 13.5. The lowest BCUT2D eigenvalue weighted by Crippen LogP contribution is -2.38. The van der Waals surface area contributed by atoms with Crippen LogP contribution in [0.5, 0.6) is 0 Å². The lowest BCUT2D eigenvalue weighted by atomic mass is 9.94. The summed E-state index contributed by atoms with van der Waals surface area (Å²) in [5.74, 6) is -3.05. The number of hydrogen-bond donors (Lipinski definition) is 10. The number of methoxy groups -OCH3 is 1. The second-order valence-corrected chi connectivity index (χ2v) is 25.8. The minimum absolute atomic E-state index is 0.00442. The number of anilines is 2. The van der Waals surface area contributed by atoms with Gasteiger partial charge in [-0.2, -0.15) is 18.2 Å². The van der Waals surface area contributed by atoms with E-state index in [0.717, 1.165) is 36.6 Å². The molecule has 37 nitrogen and oxygen atoms in total. The molecule has 3 saturated heterocycles. The summed E-state index contributed by atoms with van der Waals surface area (Å²) in [5, 5.41) is 32.7. The van der Waals surface area contributed by atoms with E-state index in [9.17, 15) is 72.3 Å². The number of nitrogen functional groups attached to an aromatic ring is 2. The van der Waals surface area contributed by atoms with Gasteiger partial charge in [0.25, 0.3) is 24.5 Å². The van der Waals surface area contributed by atoms with Crippen molar-refractivity contribution in [3.8, 4) is 0 Å². The molecule has 5 aromatic rings. The van der Waals surface area contributed by atoms with Crippen molar-refractivity contribution in [3.63, 3.8) is 0 Å². The Morgan fingerprint density at radius 2 is 1.53 bits per heavy atom. The summed E-state index contributed by atoms with van der Waals surface area (Å²) in [6.45, 7) is -7.69. The van der Waals surface area contributed by atoms with E-state index in [1.54, 1.807) is 0 Å². The molecule has 8 heterocycles. The number of hydrogen-bond acceptors (Lipinski definition) is 28. The first-order chi connectivity index (χ1) is 36.0. The van der Waals surface area contributed by atoms with E-state index < -0.39 is 152 Å². The zero-order valence-corrected chi connectivity index (χ0v) is 44.4. The molecule has 0 saturated carbocycles. The average Bonchev–Trinajstić information content (AvgIpc) is 4.13. The normalized spacial score (nSPS) is 29.8. The quantitative estimate of drug-likeness (QED) is 0.0247. The second-order valence-electron chi connectivity index (χ2n) is 17.4. The summed E-state index contributed by atoms with van der Waals surface area (Å²) in [5.41, 5.74) is 9.20. The van der Waals surface area contributed by atoms with Crippen LogP contribution in [0.4, 0.5) is 11.8 Å². The largest absolute Gasteiger partial charge is 0.756 e. The van der Waals surface area contributed by atoms with Gasteiger partial charge in [-0.15, -0.1) is 0 Å². The van der Waals surface area contributed by atoms with Crippen molar-refractivity contribution in [3.05, 3.63) is 62.4 Å². The summed E-state index contributed by atoms with van der Waals surface area (Å²) in [4.78, 5) is 117. The summed E-state index contributed by atoms with van der Waals surface area (Å²) in [6, 6.07) is 0.919. The summed E-state index contributed by atoms with van der Waals surface area (Å²) < 4.78 is 105. The van der Waals surface area contributed by atoms with Gasteiger partial charge in [-0.05, 0) is 11.4 Å². The van der Waals surface area contributed by atoms with Gasteiger partial charge in [0, 0.05) is 51.6 Å². The van der Waals surface area contributed by atoms with Gasteiger partial charge in [0.2, 0.25) is 24.4 Å². The monoisotopic (exact) mass is 1190 g/mol. The number of phosphoric ester groups is 2. The molecule has 0 bridgehead atoms. The number of nitrogens with two attached hydrogens (primary N) is 2. The zero-order chi connectivity index (χ0) is 56.3. The van der Waals surface area contributed by atoms with Crippen LogP contribution in [0.3, 0.4) is 0 Å². The molecule has 5 aromatic heterocycles. The molecule has 3 fully saturated rings. The summed E-state index contributed by atoms with van der Waals surface area (Å²) in [7, 11) is -12.3. The van der Waals surface area contributed by atoms with Gasteiger partial charge in [-0.3, -0.25) is 42.6 Å². The molecule has 0 aromatic carbocycles. The Hall–Kier alpha value is -4.72. The van der Waals surface area contributed by atoms with Crippen LogP contribution in [0.1, 0.15) is 25.1 Å². The zero-order valence-electron chi connectivity index (χ0n) is 40.1. The number of imidazole rings is 2. The molecule has 16 atom stereocenters. The first-order valence-corrected chi connectivity index (χ1v) is 29.7. The van der Waals surface area contributed by atoms with Gasteiger partial charge in [0.1, 0.15) is 48.5 Å². The minimum atomic E-state index is -6.14. The lowest BCUT2D eigenvalue weighted by Gasteiger charge is -2.31. The number of aliphatic hydroxyl groups is 3. The topological polar surface area (TPSA) is 521 Å². The highest BCUT2D eigenvalue weighted by molar-refractivity contribution is 8.55. The Labute approximate surface area is 433 Å². The highest BCUT2D eigenvalue weighted by Gasteiger charge is 2.53. The van der Waals surface area contributed by atoms with E-state index in [2.05, 4.69) is 33.5 Å². The number of phosphoric acid groups is 3. The Kier molecular flexibility index (Phi) is 17.0.